The first kappa shape index (κ1) is 10.6. The monoisotopic (exact) mass is 222 g/mol. The highest BCUT2D eigenvalue weighted by molar-refractivity contribution is 5.98. The molecular weight excluding hydrogens is 212 g/mol. The molecule has 0 aliphatic carbocycles. The number of fused-ring (bicyclic) bond motifs is 1. The topological polar surface area (TPSA) is 72.8 Å². The smallest absolute Gasteiger partial charge is 0.341 e. The van der Waals surface area contributed by atoms with Gasteiger partial charge in [-0.25, -0.2) is 9.59 Å². The molecule has 0 aromatic heterocycles. The Hall–Kier alpha value is -1.88. The molecule has 5 nitrogen and oxygen atoms in total. The minimum Gasteiger partial charge on any atom is -0.462 e. The Bertz CT molecular complexity index is 452. The van der Waals surface area contributed by atoms with Crippen LogP contribution >= 0.6 is 0 Å². The zero-order chi connectivity index (χ0) is 11.7. The summed E-state index contributed by atoms with van der Waals surface area (Å²) in [6, 6.07) is 4.34. The third kappa shape index (κ3) is 1.65. The molecule has 1 heterocycles. The fraction of sp³-hybridized carbons (Fsp3) is 0.273. The third-order valence-electron chi connectivity index (χ3n) is 2.27. The molecule has 1 atom stereocenters. The van der Waals surface area contributed by atoms with Crippen LogP contribution in [0.25, 0.3) is 0 Å². The van der Waals surface area contributed by atoms with Crippen LogP contribution in [0.1, 0.15) is 39.5 Å². The van der Waals surface area contributed by atoms with Gasteiger partial charge in [0.1, 0.15) is 0 Å². The molecule has 1 aromatic carbocycles. The quantitative estimate of drug-likeness (QED) is 0.756. The third-order valence-corrected chi connectivity index (χ3v) is 2.27. The number of benzene rings is 1. The van der Waals surface area contributed by atoms with E-state index in [1.165, 1.54) is 18.2 Å². The first-order chi connectivity index (χ1) is 7.63. The van der Waals surface area contributed by atoms with Crippen LogP contribution in [0.15, 0.2) is 18.2 Å². The second-order valence-electron chi connectivity index (χ2n) is 3.28. The molecule has 5 heteroatoms. The highest BCUT2D eigenvalue weighted by Crippen LogP contribution is 2.29. The molecule has 0 bridgehead atoms. The Morgan fingerprint density at radius 1 is 1.56 bits per heavy atom. The van der Waals surface area contributed by atoms with Gasteiger partial charge in [-0.3, -0.25) is 0 Å². The lowest BCUT2D eigenvalue weighted by Gasteiger charge is -2.03. The van der Waals surface area contributed by atoms with Crippen molar-refractivity contribution in [1.82, 2.24) is 0 Å². The number of aliphatic hydroxyl groups is 1. The van der Waals surface area contributed by atoms with Crippen molar-refractivity contribution in [3.8, 4) is 0 Å². The molecule has 1 aliphatic rings. The van der Waals surface area contributed by atoms with Crippen molar-refractivity contribution in [2.75, 3.05) is 6.61 Å². The number of hydrogen-bond acceptors (Lipinski definition) is 5. The van der Waals surface area contributed by atoms with E-state index in [1.54, 1.807) is 6.92 Å². The SMILES string of the molecule is CCOC(=O)c1ccc2c(c1)C(=O)OC2O. The molecule has 1 aliphatic heterocycles. The normalized spacial score (nSPS) is 17.9. The molecule has 0 spiro atoms. The van der Waals surface area contributed by atoms with Crippen molar-refractivity contribution in [1.29, 1.82) is 0 Å². The fourth-order valence-corrected chi connectivity index (χ4v) is 1.52. The Morgan fingerprint density at radius 3 is 3.00 bits per heavy atom. The van der Waals surface area contributed by atoms with Crippen molar-refractivity contribution in [3.05, 3.63) is 34.9 Å². The van der Waals surface area contributed by atoms with E-state index in [0.717, 1.165) is 0 Å². The summed E-state index contributed by atoms with van der Waals surface area (Å²) in [5, 5.41) is 9.33. The highest BCUT2D eigenvalue weighted by atomic mass is 16.6. The van der Waals surface area contributed by atoms with Crippen LogP contribution in [0.3, 0.4) is 0 Å². The number of hydrogen-bond donors (Lipinski definition) is 1. The van der Waals surface area contributed by atoms with E-state index in [0.29, 0.717) is 5.56 Å². The molecule has 0 radical (unpaired) electrons. The van der Waals surface area contributed by atoms with Crippen LogP contribution in [0.2, 0.25) is 0 Å². The maximum absolute atomic E-state index is 11.4. The molecule has 2 rings (SSSR count). The van der Waals surface area contributed by atoms with Crippen LogP contribution < -0.4 is 0 Å². The number of aliphatic hydroxyl groups excluding tert-OH is 1. The van der Waals surface area contributed by atoms with Gasteiger partial charge in [-0.2, -0.15) is 0 Å². The van der Waals surface area contributed by atoms with E-state index in [4.69, 9.17) is 4.74 Å². The van der Waals surface area contributed by atoms with E-state index in [9.17, 15) is 14.7 Å². The number of carbonyl (C=O) groups is 2. The van der Waals surface area contributed by atoms with Gasteiger partial charge in [-0.15, -0.1) is 0 Å². The van der Waals surface area contributed by atoms with Crippen molar-refractivity contribution in [2.45, 2.75) is 13.2 Å². The van der Waals surface area contributed by atoms with Gasteiger partial charge >= 0.3 is 11.9 Å². The number of carbonyl (C=O) groups excluding carboxylic acids is 2. The van der Waals surface area contributed by atoms with Gasteiger partial charge in [0.15, 0.2) is 0 Å². The van der Waals surface area contributed by atoms with Gasteiger partial charge in [0, 0.05) is 5.56 Å². The largest absolute Gasteiger partial charge is 0.462 e. The molecular formula is C11H10O5. The Labute approximate surface area is 91.6 Å². The second-order valence-corrected chi connectivity index (χ2v) is 3.28. The first-order valence-electron chi connectivity index (χ1n) is 4.83. The van der Waals surface area contributed by atoms with Gasteiger partial charge in [-0.1, -0.05) is 6.07 Å². The second kappa shape index (κ2) is 3.94. The molecule has 84 valence electrons. The minimum absolute atomic E-state index is 0.207. The van der Waals surface area contributed by atoms with Crippen molar-refractivity contribution < 1.29 is 24.2 Å². The molecule has 1 N–H and O–H groups in total. The van der Waals surface area contributed by atoms with E-state index < -0.39 is 18.2 Å². The number of esters is 2. The predicted octanol–water partition coefficient (Wildman–Crippen LogP) is 1.02. The maximum atomic E-state index is 11.4. The summed E-state index contributed by atoms with van der Waals surface area (Å²) < 4.78 is 9.39. The maximum Gasteiger partial charge on any atom is 0.341 e. The molecule has 0 amide bonds. The summed E-state index contributed by atoms with van der Waals surface area (Å²) in [7, 11) is 0. The predicted molar refractivity (Wildman–Crippen MR) is 52.8 cm³/mol. The Morgan fingerprint density at radius 2 is 2.31 bits per heavy atom. The summed E-state index contributed by atoms with van der Waals surface area (Å²) in [5.41, 5.74) is 0.850. The van der Waals surface area contributed by atoms with Gasteiger partial charge < -0.3 is 14.6 Å². The zero-order valence-corrected chi connectivity index (χ0v) is 8.60. The lowest BCUT2D eigenvalue weighted by molar-refractivity contribution is -0.0547. The lowest BCUT2D eigenvalue weighted by Crippen LogP contribution is -2.06. The number of rotatable bonds is 2. The number of ether oxygens (including phenoxy) is 2. The van der Waals surface area contributed by atoms with E-state index >= 15 is 0 Å². The fourth-order valence-electron chi connectivity index (χ4n) is 1.52. The average molecular weight is 222 g/mol. The van der Waals surface area contributed by atoms with Crippen molar-refractivity contribution >= 4 is 11.9 Å². The summed E-state index contributed by atoms with van der Waals surface area (Å²) in [6.45, 7) is 1.96. The van der Waals surface area contributed by atoms with Crippen LogP contribution in [0.4, 0.5) is 0 Å². The van der Waals surface area contributed by atoms with E-state index in [2.05, 4.69) is 4.74 Å². The molecule has 1 unspecified atom stereocenters. The van der Waals surface area contributed by atoms with Crippen molar-refractivity contribution in [2.24, 2.45) is 0 Å². The van der Waals surface area contributed by atoms with E-state index in [-0.39, 0.29) is 17.7 Å². The standard InChI is InChI=1S/C11H10O5/c1-2-15-9(12)6-3-4-7-8(5-6)11(14)16-10(7)13/h3-5,10,13H,2H2,1H3. The number of cyclic esters (lactones) is 1. The molecule has 0 saturated heterocycles. The molecule has 0 fully saturated rings. The summed E-state index contributed by atoms with van der Waals surface area (Å²) in [4.78, 5) is 22.7. The minimum atomic E-state index is -1.24. The molecule has 16 heavy (non-hydrogen) atoms. The van der Waals surface area contributed by atoms with Crippen LogP contribution in [0.5, 0.6) is 0 Å². The summed E-state index contributed by atoms with van der Waals surface area (Å²) in [5.74, 6) is -1.13. The van der Waals surface area contributed by atoms with Gasteiger partial charge in [-0.05, 0) is 19.1 Å². The van der Waals surface area contributed by atoms with Gasteiger partial charge in [0.05, 0.1) is 17.7 Å². The highest BCUT2D eigenvalue weighted by Gasteiger charge is 2.30. The Balaban J connectivity index is 2.36. The van der Waals surface area contributed by atoms with Gasteiger partial charge in [0.25, 0.3) is 0 Å². The summed E-state index contributed by atoms with van der Waals surface area (Å²) >= 11 is 0. The lowest BCUT2D eigenvalue weighted by atomic mass is 10.1. The average Bonchev–Trinajstić information content (AvgIpc) is 2.55. The van der Waals surface area contributed by atoms with Crippen LogP contribution in [-0.2, 0) is 9.47 Å². The van der Waals surface area contributed by atoms with Crippen LogP contribution in [-0.4, -0.2) is 23.7 Å². The van der Waals surface area contributed by atoms with Crippen molar-refractivity contribution in [3.63, 3.8) is 0 Å². The zero-order valence-electron chi connectivity index (χ0n) is 8.60. The summed E-state index contributed by atoms with van der Waals surface area (Å²) in [6.07, 6.45) is -1.24. The molecule has 1 aromatic rings. The first-order valence-corrected chi connectivity index (χ1v) is 4.83. The van der Waals surface area contributed by atoms with E-state index in [1.807, 2.05) is 0 Å². The van der Waals surface area contributed by atoms with Gasteiger partial charge in [0.2, 0.25) is 6.29 Å². The van der Waals surface area contributed by atoms with Crippen LogP contribution in [0, 0.1) is 0 Å². The Kier molecular flexibility index (Phi) is 2.62. The molecule has 0 saturated carbocycles.